The van der Waals surface area contributed by atoms with Crippen LogP contribution in [0.3, 0.4) is 0 Å². The highest BCUT2D eigenvalue weighted by Gasteiger charge is 2.22. The number of hydrogen-bond donors (Lipinski definition) is 2. The molecule has 116 valence electrons. The van der Waals surface area contributed by atoms with Gasteiger partial charge in [-0.25, -0.2) is 0 Å². The van der Waals surface area contributed by atoms with Crippen molar-refractivity contribution in [1.29, 1.82) is 0 Å². The van der Waals surface area contributed by atoms with E-state index in [0.29, 0.717) is 0 Å². The Morgan fingerprint density at radius 2 is 1.95 bits per heavy atom. The summed E-state index contributed by atoms with van der Waals surface area (Å²) < 4.78 is 5.03. The summed E-state index contributed by atoms with van der Waals surface area (Å²) in [5.74, 6) is -1.19. The molecule has 0 bridgehead atoms. The van der Waals surface area contributed by atoms with Gasteiger partial charge < -0.3 is 15.2 Å². The maximum absolute atomic E-state index is 11.7. The molecule has 1 rings (SSSR count). The number of nitrogens with one attached hydrogen (secondary N) is 1. The van der Waals surface area contributed by atoms with Gasteiger partial charge in [0.1, 0.15) is 19.3 Å². The Bertz CT molecular complexity index is 447. The molecule has 1 aromatic carbocycles. The second-order valence-electron chi connectivity index (χ2n) is 5.07. The highest BCUT2D eigenvalue weighted by molar-refractivity contribution is 5.84. The predicted octanol–water partition coefficient (Wildman–Crippen LogP) is 1.64. The molecule has 5 nitrogen and oxygen atoms in total. The van der Waals surface area contributed by atoms with Crippen molar-refractivity contribution < 1.29 is 19.4 Å². The molecule has 0 heterocycles. The van der Waals surface area contributed by atoms with E-state index < -0.39 is 18.0 Å². The Morgan fingerprint density at radius 3 is 2.57 bits per heavy atom. The first-order chi connectivity index (χ1) is 10.0. The molecule has 0 aliphatic rings. The van der Waals surface area contributed by atoms with Gasteiger partial charge in [0.05, 0.1) is 0 Å². The van der Waals surface area contributed by atoms with E-state index in [9.17, 15) is 14.7 Å². The molecule has 0 saturated carbocycles. The summed E-state index contributed by atoms with van der Waals surface area (Å²) in [6, 6.07) is 9.29. The van der Waals surface area contributed by atoms with Crippen molar-refractivity contribution in [3.05, 3.63) is 35.9 Å². The number of rotatable bonds is 8. The molecule has 1 aromatic rings. The minimum absolute atomic E-state index is 0.129. The van der Waals surface area contributed by atoms with Gasteiger partial charge in [-0.1, -0.05) is 50.6 Å². The van der Waals surface area contributed by atoms with E-state index >= 15 is 0 Å². The number of esters is 1. The molecule has 0 radical (unpaired) electrons. The summed E-state index contributed by atoms with van der Waals surface area (Å²) >= 11 is 0. The van der Waals surface area contributed by atoms with Crippen LogP contribution in [0.2, 0.25) is 0 Å². The molecule has 2 N–H and O–H groups in total. The topological polar surface area (TPSA) is 75.6 Å². The number of aliphatic hydroxyl groups is 1. The summed E-state index contributed by atoms with van der Waals surface area (Å²) in [5, 5.41) is 12.2. The Morgan fingerprint density at radius 1 is 1.29 bits per heavy atom. The van der Waals surface area contributed by atoms with Crippen molar-refractivity contribution in [2.24, 2.45) is 5.92 Å². The van der Waals surface area contributed by atoms with Gasteiger partial charge >= 0.3 is 5.97 Å². The van der Waals surface area contributed by atoms with Crippen LogP contribution < -0.4 is 5.32 Å². The van der Waals surface area contributed by atoms with E-state index in [2.05, 4.69) is 5.32 Å². The van der Waals surface area contributed by atoms with Crippen molar-refractivity contribution in [2.75, 3.05) is 6.54 Å². The molecule has 1 amide bonds. The normalized spacial score (nSPS) is 13.3. The summed E-state index contributed by atoms with van der Waals surface area (Å²) in [6.07, 6.45) is 0.560. The third kappa shape index (κ3) is 6.40. The summed E-state index contributed by atoms with van der Waals surface area (Å²) in [7, 11) is 0. The molecule has 0 aromatic heterocycles. The van der Waals surface area contributed by atoms with Gasteiger partial charge in [-0.3, -0.25) is 9.59 Å². The lowest BCUT2D eigenvalue weighted by molar-refractivity contribution is -0.146. The predicted molar refractivity (Wildman–Crippen MR) is 79.3 cm³/mol. The molecule has 0 spiro atoms. The number of ether oxygens (including phenoxy) is 1. The molecular weight excluding hydrogens is 270 g/mol. The largest absolute Gasteiger partial charge is 0.460 e. The number of benzene rings is 1. The Hall–Kier alpha value is -1.88. The molecule has 0 aliphatic heterocycles. The fourth-order valence-electron chi connectivity index (χ4n) is 1.92. The van der Waals surface area contributed by atoms with Crippen LogP contribution in [-0.2, 0) is 20.9 Å². The van der Waals surface area contributed by atoms with Gasteiger partial charge in [0.25, 0.3) is 0 Å². The van der Waals surface area contributed by atoms with Crippen LogP contribution in [0.1, 0.15) is 32.3 Å². The maximum Gasteiger partial charge on any atom is 0.325 e. The molecule has 2 atom stereocenters. The lowest BCUT2D eigenvalue weighted by atomic mass is 9.99. The number of hydrogen-bond acceptors (Lipinski definition) is 4. The Labute approximate surface area is 125 Å². The number of carbonyl (C=O) groups excluding carboxylic acids is 2. The van der Waals surface area contributed by atoms with Crippen LogP contribution >= 0.6 is 0 Å². The van der Waals surface area contributed by atoms with Crippen molar-refractivity contribution >= 4 is 11.9 Å². The summed E-state index contributed by atoms with van der Waals surface area (Å²) in [4.78, 5) is 23.2. The first-order valence-corrected chi connectivity index (χ1v) is 7.20. The molecule has 0 saturated heterocycles. The summed E-state index contributed by atoms with van der Waals surface area (Å²) in [5.41, 5.74) is 0.883. The van der Waals surface area contributed by atoms with E-state index in [-0.39, 0.29) is 19.1 Å². The van der Waals surface area contributed by atoms with Crippen LogP contribution in [0.5, 0.6) is 0 Å². The van der Waals surface area contributed by atoms with Gasteiger partial charge in [-0.2, -0.15) is 0 Å². The first kappa shape index (κ1) is 17.2. The van der Waals surface area contributed by atoms with Crippen LogP contribution in [0.15, 0.2) is 30.3 Å². The van der Waals surface area contributed by atoms with Crippen molar-refractivity contribution in [2.45, 2.75) is 39.4 Å². The minimum Gasteiger partial charge on any atom is -0.460 e. The van der Waals surface area contributed by atoms with Crippen molar-refractivity contribution in [1.82, 2.24) is 5.32 Å². The van der Waals surface area contributed by atoms with E-state index in [1.54, 1.807) is 0 Å². The minimum atomic E-state index is -1.09. The van der Waals surface area contributed by atoms with E-state index in [1.165, 1.54) is 0 Å². The van der Waals surface area contributed by atoms with E-state index in [4.69, 9.17) is 4.74 Å². The Balaban J connectivity index is 2.27. The smallest absolute Gasteiger partial charge is 0.325 e. The van der Waals surface area contributed by atoms with Crippen LogP contribution in [0.25, 0.3) is 0 Å². The average molecular weight is 293 g/mol. The molecule has 5 heteroatoms. The lowest BCUT2D eigenvalue weighted by Gasteiger charge is -2.17. The van der Waals surface area contributed by atoms with Crippen LogP contribution in [0, 0.1) is 5.92 Å². The lowest BCUT2D eigenvalue weighted by Crippen LogP contribution is -2.41. The van der Waals surface area contributed by atoms with Gasteiger partial charge in [0.2, 0.25) is 5.91 Å². The van der Waals surface area contributed by atoms with Gasteiger partial charge in [-0.05, 0) is 17.9 Å². The molecular formula is C16H23NO4. The molecule has 0 aliphatic carbocycles. The van der Waals surface area contributed by atoms with Crippen molar-refractivity contribution in [3.8, 4) is 0 Å². The molecule has 21 heavy (non-hydrogen) atoms. The van der Waals surface area contributed by atoms with Gasteiger partial charge in [0.15, 0.2) is 0 Å². The third-order valence-electron chi connectivity index (χ3n) is 3.20. The molecule has 2 unspecified atom stereocenters. The number of carbonyl (C=O) groups is 2. The highest BCUT2D eigenvalue weighted by atomic mass is 16.5. The Kier molecular flexibility index (Phi) is 7.46. The van der Waals surface area contributed by atoms with E-state index in [0.717, 1.165) is 18.4 Å². The van der Waals surface area contributed by atoms with E-state index in [1.807, 2.05) is 44.2 Å². The van der Waals surface area contributed by atoms with Crippen LogP contribution in [0.4, 0.5) is 0 Å². The second-order valence-corrected chi connectivity index (χ2v) is 5.07. The fourth-order valence-corrected chi connectivity index (χ4v) is 1.92. The monoisotopic (exact) mass is 293 g/mol. The first-order valence-electron chi connectivity index (χ1n) is 7.20. The SMILES string of the molecule is CCCC(C)C(O)C(=O)NCC(=O)OCc1ccccc1. The zero-order chi connectivity index (χ0) is 15.7. The second kappa shape index (κ2) is 9.13. The molecule has 0 fully saturated rings. The maximum atomic E-state index is 11.7. The zero-order valence-corrected chi connectivity index (χ0v) is 12.5. The number of amides is 1. The van der Waals surface area contributed by atoms with Gasteiger partial charge in [0, 0.05) is 0 Å². The zero-order valence-electron chi connectivity index (χ0n) is 12.5. The van der Waals surface area contributed by atoms with Crippen molar-refractivity contribution in [3.63, 3.8) is 0 Å². The third-order valence-corrected chi connectivity index (χ3v) is 3.20. The fraction of sp³-hybridized carbons (Fsp3) is 0.500. The highest BCUT2D eigenvalue weighted by Crippen LogP contribution is 2.10. The average Bonchev–Trinajstić information content (AvgIpc) is 2.51. The standard InChI is InChI=1S/C16H23NO4/c1-3-7-12(2)15(19)16(20)17-10-14(18)21-11-13-8-5-4-6-9-13/h4-6,8-9,12,15,19H,3,7,10-11H2,1-2H3,(H,17,20). The number of aliphatic hydroxyl groups excluding tert-OH is 1. The summed E-state index contributed by atoms with van der Waals surface area (Å²) in [6.45, 7) is 3.73. The van der Waals surface area contributed by atoms with Gasteiger partial charge in [-0.15, -0.1) is 0 Å². The van der Waals surface area contributed by atoms with Crippen LogP contribution in [-0.4, -0.2) is 29.6 Å². The quantitative estimate of drug-likeness (QED) is 0.715.